The van der Waals surface area contributed by atoms with Gasteiger partial charge in [0.25, 0.3) is 0 Å². The standard InChI is InChI=1S/C13H13ClFN3/c1-9-10(7-14)8-16-13(17-9)18(2)12-6-4-3-5-11(12)15/h3-6,8H,7H2,1-2H3. The fourth-order valence-electron chi connectivity index (χ4n) is 1.60. The molecule has 1 heterocycles. The number of nitrogens with zero attached hydrogens (tertiary/aromatic N) is 3. The Kier molecular flexibility index (Phi) is 3.77. The second kappa shape index (κ2) is 5.31. The molecule has 0 N–H and O–H groups in total. The van der Waals surface area contributed by atoms with Crippen molar-refractivity contribution in [1.82, 2.24) is 9.97 Å². The highest BCUT2D eigenvalue weighted by atomic mass is 35.5. The highest BCUT2D eigenvalue weighted by Gasteiger charge is 2.12. The van der Waals surface area contributed by atoms with E-state index in [0.29, 0.717) is 17.5 Å². The summed E-state index contributed by atoms with van der Waals surface area (Å²) in [4.78, 5) is 10.1. The van der Waals surface area contributed by atoms with Gasteiger partial charge in [-0.25, -0.2) is 14.4 Å². The average molecular weight is 266 g/mol. The Morgan fingerprint density at radius 2 is 2.06 bits per heavy atom. The number of alkyl halides is 1. The van der Waals surface area contributed by atoms with Crippen molar-refractivity contribution in [2.24, 2.45) is 0 Å². The molecule has 0 fully saturated rings. The molecular formula is C13H13ClFN3. The molecule has 0 bridgehead atoms. The van der Waals surface area contributed by atoms with E-state index >= 15 is 0 Å². The second-order valence-corrected chi connectivity index (χ2v) is 4.19. The topological polar surface area (TPSA) is 29.0 Å². The minimum Gasteiger partial charge on any atom is -0.311 e. The average Bonchev–Trinajstić information content (AvgIpc) is 2.38. The smallest absolute Gasteiger partial charge is 0.229 e. The Morgan fingerprint density at radius 3 is 2.67 bits per heavy atom. The van der Waals surface area contributed by atoms with Crippen molar-refractivity contribution in [3.05, 3.63) is 47.5 Å². The third-order valence-corrected chi connectivity index (χ3v) is 3.01. The summed E-state index contributed by atoms with van der Waals surface area (Å²) in [6.45, 7) is 1.86. The van der Waals surface area contributed by atoms with Crippen molar-refractivity contribution in [3.63, 3.8) is 0 Å². The summed E-state index contributed by atoms with van der Waals surface area (Å²) in [6, 6.07) is 6.51. The number of hydrogen-bond acceptors (Lipinski definition) is 3. The fourth-order valence-corrected chi connectivity index (χ4v) is 1.87. The van der Waals surface area contributed by atoms with Gasteiger partial charge in [0.05, 0.1) is 11.6 Å². The minimum absolute atomic E-state index is 0.303. The van der Waals surface area contributed by atoms with Crippen LogP contribution in [-0.2, 0) is 5.88 Å². The van der Waals surface area contributed by atoms with Gasteiger partial charge < -0.3 is 4.90 Å². The maximum Gasteiger partial charge on any atom is 0.229 e. The van der Waals surface area contributed by atoms with Crippen molar-refractivity contribution in [3.8, 4) is 0 Å². The molecule has 0 amide bonds. The zero-order valence-corrected chi connectivity index (χ0v) is 10.9. The van der Waals surface area contributed by atoms with Gasteiger partial charge in [-0.2, -0.15) is 0 Å². The number of benzene rings is 1. The van der Waals surface area contributed by atoms with Crippen LogP contribution in [0.15, 0.2) is 30.5 Å². The number of para-hydroxylation sites is 1. The van der Waals surface area contributed by atoms with E-state index in [-0.39, 0.29) is 5.82 Å². The van der Waals surface area contributed by atoms with Gasteiger partial charge in [0.15, 0.2) is 0 Å². The molecule has 2 rings (SSSR count). The van der Waals surface area contributed by atoms with Gasteiger partial charge in [-0.05, 0) is 19.1 Å². The van der Waals surface area contributed by atoms with Gasteiger partial charge in [0.2, 0.25) is 5.95 Å². The number of halogens is 2. The second-order valence-electron chi connectivity index (χ2n) is 3.92. The Labute approximate surface area is 110 Å². The molecule has 94 valence electrons. The van der Waals surface area contributed by atoms with E-state index in [1.165, 1.54) is 6.07 Å². The molecule has 3 nitrogen and oxygen atoms in total. The normalized spacial score (nSPS) is 10.4. The highest BCUT2D eigenvalue weighted by molar-refractivity contribution is 6.17. The highest BCUT2D eigenvalue weighted by Crippen LogP contribution is 2.23. The number of aryl methyl sites for hydroxylation is 1. The van der Waals surface area contributed by atoms with Gasteiger partial charge in [0, 0.05) is 24.5 Å². The van der Waals surface area contributed by atoms with Gasteiger partial charge in [-0.15, -0.1) is 11.6 Å². The number of rotatable bonds is 3. The predicted molar refractivity (Wildman–Crippen MR) is 70.8 cm³/mol. The molecular weight excluding hydrogens is 253 g/mol. The Bertz CT molecular complexity index is 560. The zero-order valence-electron chi connectivity index (χ0n) is 10.2. The van der Waals surface area contributed by atoms with E-state index in [2.05, 4.69) is 9.97 Å². The van der Waals surface area contributed by atoms with Crippen molar-refractivity contribution in [2.75, 3.05) is 11.9 Å². The van der Waals surface area contributed by atoms with E-state index in [9.17, 15) is 4.39 Å². The van der Waals surface area contributed by atoms with Gasteiger partial charge in [-0.3, -0.25) is 0 Å². The summed E-state index contributed by atoms with van der Waals surface area (Å²) in [5.41, 5.74) is 2.12. The third-order valence-electron chi connectivity index (χ3n) is 2.73. The summed E-state index contributed by atoms with van der Waals surface area (Å²) >= 11 is 5.75. The van der Waals surface area contributed by atoms with Crippen LogP contribution in [0.1, 0.15) is 11.3 Å². The molecule has 0 atom stereocenters. The molecule has 18 heavy (non-hydrogen) atoms. The van der Waals surface area contributed by atoms with Crippen molar-refractivity contribution in [2.45, 2.75) is 12.8 Å². The van der Waals surface area contributed by atoms with Crippen LogP contribution in [0.3, 0.4) is 0 Å². The molecule has 0 aliphatic rings. The van der Waals surface area contributed by atoms with Crippen LogP contribution in [0.25, 0.3) is 0 Å². The van der Waals surface area contributed by atoms with E-state index in [1.54, 1.807) is 36.3 Å². The Morgan fingerprint density at radius 1 is 1.33 bits per heavy atom. The number of hydrogen-bond donors (Lipinski definition) is 0. The first-order valence-electron chi connectivity index (χ1n) is 5.50. The lowest BCUT2D eigenvalue weighted by molar-refractivity contribution is 0.627. The maximum absolute atomic E-state index is 13.7. The van der Waals surface area contributed by atoms with Gasteiger partial charge in [-0.1, -0.05) is 12.1 Å². The summed E-state index contributed by atoms with van der Waals surface area (Å²) in [5, 5.41) is 0. The van der Waals surface area contributed by atoms with E-state index in [1.807, 2.05) is 6.92 Å². The van der Waals surface area contributed by atoms with Crippen LogP contribution in [0.2, 0.25) is 0 Å². The van der Waals surface area contributed by atoms with Crippen LogP contribution in [0.4, 0.5) is 16.0 Å². The van der Waals surface area contributed by atoms with E-state index < -0.39 is 0 Å². The first kappa shape index (κ1) is 12.8. The molecule has 0 unspecified atom stereocenters. The summed E-state index contributed by atoms with van der Waals surface area (Å²) in [7, 11) is 1.73. The predicted octanol–water partition coefficient (Wildman–Crippen LogP) is 3.43. The maximum atomic E-state index is 13.7. The fraction of sp³-hybridized carbons (Fsp3) is 0.231. The lowest BCUT2D eigenvalue weighted by atomic mass is 10.2. The SMILES string of the molecule is Cc1nc(N(C)c2ccccc2F)ncc1CCl. The van der Waals surface area contributed by atoms with E-state index in [4.69, 9.17) is 11.6 Å². The zero-order chi connectivity index (χ0) is 13.1. The quantitative estimate of drug-likeness (QED) is 0.796. The number of anilines is 2. The molecule has 0 aliphatic carbocycles. The first-order chi connectivity index (χ1) is 8.63. The lowest BCUT2D eigenvalue weighted by Gasteiger charge is -2.18. The third kappa shape index (κ3) is 2.43. The largest absolute Gasteiger partial charge is 0.311 e. The Balaban J connectivity index is 2.37. The van der Waals surface area contributed by atoms with Crippen molar-refractivity contribution >= 4 is 23.2 Å². The van der Waals surface area contributed by atoms with Crippen LogP contribution in [0.5, 0.6) is 0 Å². The molecule has 0 saturated carbocycles. The van der Waals surface area contributed by atoms with Crippen molar-refractivity contribution < 1.29 is 4.39 Å². The monoisotopic (exact) mass is 265 g/mol. The summed E-state index contributed by atoms with van der Waals surface area (Å²) in [6.07, 6.45) is 1.67. The Hall–Kier alpha value is -1.68. The first-order valence-corrected chi connectivity index (χ1v) is 6.03. The van der Waals surface area contributed by atoms with Crippen LogP contribution in [-0.4, -0.2) is 17.0 Å². The molecule has 0 radical (unpaired) electrons. The molecule has 1 aromatic heterocycles. The summed E-state index contributed by atoms with van der Waals surface area (Å²) < 4.78 is 13.7. The van der Waals surface area contributed by atoms with Crippen LogP contribution < -0.4 is 4.90 Å². The molecule has 5 heteroatoms. The van der Waals surface area contributed by atoms with Gasteiger partial charge in [0.1, 0.15) is 5.82 Å². The van der Waals surface area contributed by atoms with E-state index in [0.717, 1.165) is 11.3 Å². The molecule has 0 aliphatic heterocycles. The lowest BCUT2D eigenvalue weighted by Crippen LogP contribution is -2.15. The van der Waals surface area contributed by atoms with Crippen molar-refractivity contribution in [1.29, 1.82) is 0 Å². The van der Waals surface area contributed by atoms with Crippen LogP contribution in [0, 0.1) is 12.7 Å². The number of aromatic nitrogens is 2. The molecule has 0 spiro atoms. The minimum atomic E-state index is -0.303. The summed E-state index contributed by atoms with van der Waals surface area (Å²) in [5.74, 6) is 0.518. The molecule has 1 aromatic carbocycles. The van der Waals surface area contributed by atoms with Crippen LogP contribution >= 0.6 is 11.6 Å². The molecule has 2 aromatic rings. The van der Waals surface area contributed by atoms with Gasteiger partial charge >= 0.3 is 0 Å². The molecule has 0 saturated heterocycles.